The van der Waals surface area contributed by atoms with Gasteiger partial charge < -0.3 is 10.1 Å². The molecule has 1 aliphatic rings. The lowest BCUT2D eigenvalue weighted by Crippen LogP contribution is -2.41. The Labute approximate surface area is 184 Å². The Bertz CT molecular complexity index is 1250. The predicted octanol–water partition coefficient (Wildman–Crippen LogP) is 4.61. The van der Waals surface area contributed by atoms with Crippen LogP contribution in [0.1, 0.15) is 38.3 Å². The molecule has 0 aromatic heterocycles. The topological polar surface area (TPSA) is 102 Å². The fourth-order valence-electron chi connectivity index (χ4n) is 4.27. The van der Waals surface area contributed by atoms with Crippen molar-refractivity contribution < 1.29 is 19.2 Å². The van der Waals surface area contributed by atoms with Gasteiger partial charge in [0.05, 0.1) is 16.2 Å². The molecule has 1 aliphatic heterocycles. The molecule has 32 heavy (non-hydrogen) atoms. The number of ether oxygens (including phenoxy) is 1. The Balaban J connectivity index is 1.94. The smallest absolute Gasteiger partial charge is 0.293 e. The number of nitrogens with zero attached hydrogens (tertiary/aromatic N) is 2. The minimum absolute atomic E-state index is 0.145. The third-order valence-electron chi connectivity index (χ3n) is 5.69. The molecule has 3 aromatic carbocycles. The van der Waals surface area contributed by atoms with Gasteiger partial charge in [0.1, 0.15) is 5.69 Å². The quantitative estimate of drug-likeness (QED) is 0.253. The second kappa shape index (κ2) is 8.39. The van der Waals surface area contributed by atoms with Gasteiger partial charge in [-0.25, -0.2) is 4.90 Å². The summed E-state index contributed by atoms with van der Waals surface area (Å²) >= 11 is 0. The molecule has 0 radical (unpaired) electrons. The van der Waals surface area contributed by atoms with Crippen LogP contribution in [0.3, 0.4) is 0 Å². The molecule has 0 aliphatic carbocycles. The van der Waals surface area contributed by atoms with Gasteiger partial charge in [-0.15, -0.1) is 0 Å². The number of rotatable bonds is 7. The molecule has 1 heterocycles. The number of carbonyl (C=O) groups excluding carboxylic acids is 2. The zero-order valence-corrected chi connectivity index (χ0v) is 18.1. The van der Waals surface area contributed by atoms with Gasteiger partial charge in [0.25, 0.3) is 17.5 Å². The maximum absolute atomic E-state index is 13.5. The highest BCUT2D eigenvalue weighted by Gasteiger charge is 2.38. The van der Waals surface area contributed by atoms with Crippen molar-refractivity contribution in [3.05, 3.63) is 74.8 Å². The first-order chi connectivity index (χ1) is 15.4. The van der Waals surface area contributed by atoms with Crippen LogP contribution in [0.5, 0.6) is 0 Å². The Morgan fingerprint density at radius 2 is 1.69 bits per heavy atom. The van der Waals surface area contributed by atoms with Gasteiger partial charge in [-0.1, -0.05) is 30.3 Å². The minimum atomic E-state index is -0.565. The lowest BCUT2D eigenvalue weighted by Gasteiger charge is -2.30. The predicted molar refractivity (Wildman–Crippen MR) is 123 cm³/mol. The van der Waals surface area contributed by atoms with E-state index in [4.69, 9.17) is 4.74 Å². The number of anilines is 2. The van der Waals surface area contributed by atoms with Crippen LogP contribution in [0, 0.1) is 24.0 Å². The first-order valence-corrected chi connectivity index (χ1v) is 10.3. The molecule has 0 atom stereocenters. The number of nitrogens with one attached hydrogen (secondary N) is 1. The van der Waals surface area contributed by atoms with Gasteiger partial charge >= 0.3 is 0 Å². The Morgan fingerprint density at radius 3 is 2.34 bits per heavy atom. The molecule has 0 unspecified atom stereocenters. The SMILES string of the molecule is COCCCNc1c([N+](=O)[O-])cc2c3c(cccc13)C(=O)N(c1c(C)cccc1C)C2=O. The fourth-order valence-corrected chi connectivity index (χ4v) is 4.27. The fraction of sp³-hybridized carbons (Fsp3) is 0.250. The third kappa shape index (κ3) is 3.38. The van der Waals surface area contributed by atoms with E-state index in [1.165, 1.54) is 6.07 Å². The molecule has 8 nitrogen and oxygen atoms in total. The Hall–Kier alpha value is -3.78. The molecule has 8 heteroatoms. The Morgan fingerprint density at radius 1 is 1.03 bits per heavy atom. The van der Waals surface area contributed by atoms with E-state index in [-0.39, 0.29) is 11.3 Å². The number of hydrogen-bond donors (Lipinski definition) is 1. The van der Waals surface area contributed by atoms with Crippen molar-refractivity contribution in [2.75, 3.05) is 30.5 Å². The highest BCUT2D eigenvalue weighted by atomic mass is 16.6. The monoisotopic (exact) mass is 433 g/mol. The maximum atomic E-state index is 13.5. The first-order valence-electron chi connectivity index (χ1n) is 10.3. The van der Waals surface area contributed by atoms with E-state index in [1.807, 2.05) is 32.0 Å². The molecule has 0 saturated carbocycles. The van der Waals surface area contributed by atoms with E-state index < -0.39 is 16.7 Å². The lowest BCUT2D eigenvalue weighted by atomic mass is 9.91. The Kier molecular flexibility index (Phi) is 5.63. The largest absolute Gasteiger partial charge is 0.385 e. The second-order valence-electron chi connectivity index (χ2n) is 7.76. The van der Waals surface area contributed by atoms with Gasteiger partial charge in [0.2, 0.25) is 0 Å². The zero-order valence-electron chi connectivity index (χ0n) is 18.1. The van der Waals surface area contributed by atoms with E-state index >= 15 is 0 Å². The summed E-state index contributed by atoms with van der Waals surface area (Å²) in [6.45, 7) is 4.61. The molecule has 0 bridgehead atoms. The van der Waals surface area contributed by atoms with E-state index in [1.54, 1.807) is 25.3 Å². The summed E-state index contributed by atoms with van der Waals surface area (Å²) in [6, 6.07) is 11.8. The molecule has 0 spiro atoms. The van der Waals surface area contributed by atoms with Crippen LogP contribution in [0.4, 0.5) is 17.1 Å². The number of imide groups is 1. The summed E-state index contributed by atoms with van der Waals surface area (Å²) in [5.74, 6) is -1.00. The number of nitro groups is 1. The van der Waals surface area contributed by atoms with Crippen molar-refractivity contribution in [2.24, 2.45) is 0 Å². The van der Waals surface area contributed by atoms with E-state index in [0.29, 0.717) is 47.3 Å². The molecular weight excluding hydrogens is 410 g/mol. The van der Waals surface area contributed by atoms with E-state index in [9.17, 15) is 19.7 Å². The molecule has 2 amide bonds. The highest BCUT2D eigenvalue weighted by molar-refractivity contribution is 6.37. The molecule has 164 valence electrons. The minimum Gasteiger partial charge on any atom is -0.385 e. The number of para-hydroxylation sites is 1. The average Bonchev–Trinajstić information content (AvgIpc) is 2.76. The van der Waals surface area contributed by atoms with Gasteiger partial charge in [0, 0.05) is 42.7 Å². The van der Waals surface area contributed by atoms with Crippen LogP contribution in [0.25, 0.3) is 10.8 Å². The van der Waals surface area contributed by atoms with Crippen molar-refractivity contribution in [1.82, 2.24) is 0 Å². The van der Waals surface area contributed by atoms with Crippen LogP contribution in [0.15, 0.2) is 42.5 Å². The van der Waals surface area contributed by atoms with Gasteiger partial charge in [-0.3, -0.25) is 19.7 Å². The van der Waals surface area contributed by atoms with E-state index in [0.717, 1.165) is 16.0 Å². The lowest BCUT2D eigenvalue weighted by molar-refractivity contribution is -0.383. The van der Waals surface area contributed by atoms with Crippen molar-refractivity contribution in [1.29, 1.82) is 0 Å². The standard InChI is InChI=1S/C24H23N3O5/c1-14-7-4-8-15(2)22(14)26-23(28)17-10-5-9-16-20(17)18(24(26)29)13-19(27(30)31)21(16)25-11-6-12-32-3/h4-5,7-10,13,25H,6,11-12H2,1-3H3. The molecular formula is C24H23N3O5. The van der Waals surface area contributed by atoms with Crippen LogP contribution < -0.4 is 10.2 Å². The van der Waals surface area contributed by atoms with Crippen molar-refractivity contribution in [2.45, 2.75) is 20.3 Å². The van der Waals surface area contributed by atoms with Crippen LogP contribution in [0.2, 0.25) is 0 Å². The average molecular weight is 433 g/mol. The van der Waals surface area contributed by atoms with Crippen molar-refractivity contribution in [3.63, 3.8) is 0 Å². The molecule has 0 saturated heterocycles. The summed E-state index contributed by atoms with van der Waals surface area (Å²) in [7, 11) is 1.59. The third-order valence-corrected chi connectivity index (χ3v) is 5.69. The maximum Gasteiger partial charge on any atom is 0.293 e. The molecule has 0 fully saturated rings. The first kappa shape index (κ1) is 21.5. The van der Waals surface area contributed by atoms with Gasteiger partial charge in [-0.05, 0) is 37.5 Å². The normalized spacial score (nSPS) is 13.0. The van der Waals surface area contributed by atoms with E-state index in [2.05, 4.69) is 5.32 Å². The van der Waals surface area contributed by atoms with Crippen molar-refractivity contribution in [3.8, 4) is 0 Å². The van der Waals surface area contributed by atoms with Crippen LogP contribution in [-0.4, -0.2) is 37.0 Å². The van der Waals surface area contributed by atoms with Crippen LogP contribution >= 0.6 is 0 Å². The van der Waals surface area contributed by atoms with Gasteiger partial charge in [0.15, 0.2) is 0 Å². The molecule has 4 rings (SSSR count). The number of methoxy groups -OCH3 is 1. The number of aryl methyl sites for hydroxylation is 2. The number of benzene rings is 3. The molecule has 1 N–H and O–H groups in total. The number of hydrogen-bond acceptors (Lipinski definition) is 6. The summed E-state index contributed by atoms with van der Waals surface area (Å²) in [6.07, 6.45) is 0.648. The molecule has 3 aromatic rings. The van der Waals surface area contributed by atoms with Gasteiger partial charge in [-0.2, -0.15) is 0 Å². The number of nitro benzene ring substituents is 1. The number of carbonyl (C=O) groups is 2. The summed E-state index contributed by atoms with van der Waals surface area (Å²) in [5.41, 5.74) is 2.64. The van der Waals surface area contributed by atoms with Crippen molar-refractivity contribution >= 4 is 39.6 Å². The second-order valence-corrected chi connectivity index (χ2v) is 7.76. The zero-order chi connectivity index (χ0) is 23.0. The highest BCUT2D eigenvalue weighted by Crippen LogP contribution is 2.42. The number of amides is 2. The summed E-state index contributed by atoms with van der Waals surface area (Å²) in [4.78, 5) is 39.6. The van der Waals surface area contributed by atoms with Crippen LogP contribution in [-0.2, 0) is 4.74 Å². The summed E-state index contributed by atoms with van der Waals surface area (Å²) < 4.78 is 5.04. The summed E-state index contributed by atoms with van der Waals surface area (Å²) in [5, 5.41) is 15.9.